The fourth-order valence-corrected chi connectivity index (χ4v) is 0.872. The number of nitrogens with zero attached hydrogens (tertiary/aromatic N) is 3. The van der Waals surface area contributed by atoms with E-state index in [1.165, 1.54) is 19.1 Å². The van der Waals surface area contributed by atoms with Crippen molar-refractivity contribution in [2.75, 3.05) is 19.0 Å². The third-order valence-electron chi connectivity index (χ3n) is 1.58. The number of rotatable bonds is 2. The molecular formula is C10H13N3O2. The van der Waals surface area contributed by atoms with Crippen LogP contribution in [0.5, 0.6) is 0 Å². The van der Waals surface area contributed by atoms with Crippen LogP contribution in [-0.2, 0) is 0 Å². The highest BCUT2D eigenvalue weighted by atomic mass is 16.6. The summed E-state index contributed by atoms with van der Waals surface area (Å²) in [4.78, 5) is 11.8. The summed E-state index contributed by atoms with van der Waals surface area (Å²) < 4.78 is 0. The van der Waals surface area contributed by atoms with Gasteiger partial charge in [0.15, 0.2) is 0 Å². The van der Waals surface area contributed by atoms with E-state index in [0.29, 0.717) is 0 Å². The van der Waals surface area contributed by atoms with E-state index in [2.05, 4.69) is 0 Å². The zero-order chi connectivity index (χ0) is 11.8. The summed E-state index contributed by atoms with van der Waals surface area (Å²) in [5, 5.41) is 17.6. The van der Waals surface area contributed by atoms with Crippen LogP contribution in [0.3, 0.4) is 0 Å². The minimum atomic E-state index is -0.403. The van der Waals surface area contributed by atoms with Crippen molar-refractivity contribution in [3.63, 3.8) is 0 Å². The molecule has 1 rings (SSSR count). The average Bonchev–Trinajstić information content (AvgIpc) is 2.19. The molecule has 0 amide bonds. The van der Waals surface area contributed by atoms with Crippen molar-refractivity contribution in [3.05, 3.63) is 34.4 Å². The number of hydrogen-bond acceptors (Lipinski definition) is 4. The molecule has 0 aliphatic heterocycles. The van der Waals surface area contributed by atoms with Crippen LogP contribution < -0.4 is 4.90 Å². The summed E-state index contributed by atoms with van der Waals surface area (Å²) >= 11 is 0. The number of nitro benzene ring substituents is 1. The summed E-state index contributed by atoms with van der Waals surface area (Å²) in [5.74, 6) is 0. The normalized spacial score (nSPS) is 8.13. The van der Waals surface area contributed by atoms with Crippen molar-refractivity contribution in [1.29, 1.82) is 5.26 Å². The van der Waals surface area contributed by atoms with Crippen molar-refractivity contribution >= 4 is 11.4 Å². The molecule has 15 heavy (non-hydrogen) atoms. The second-order valence-electron chi connectivity index (χ2n) is 2.89. The summed E-state index contributed by atoms with van der Waals surface area (Å²) in [6.45, 7) is 1.43. The molecule has 0 unspecified atom stereocenters. The van der Waals surface area contributed by atoms with Gasteiger partial charge in [0.2, 0.25) is 0 Å². The lowest BCUT2D eigenvalue weighted by Gasteiger charge is -2.10. The predicted molar refractivity (Wildman–Crippen MR) is 58.7 cm³/mol. The minimum absolute atomic E-state index is 0.126. The summed E-state index contributed by atoms with van der Waals surface area (Å²) in [6.07, 6.45) is 0. The molecule has 0 fully saturated rings. The van der Waals surface area contributed by atoms with Gasteiger partial charge in [0, 0.05) is 38.8 Å². The van der Waals surface area contributed by atoms with Crippen molar-refractivity contribution in [2.45, 2.75) is 6.92 Å². The molecule has 0 atom stereocenters. The number of nitriles is 1. The van der Waals surface area contributed by atoms with E-state index in [0.717, 1.165) is 5.69 Å². The van der Waals surface area contributed by atoms with Gasteiger partial charge in [-0.1, -0.05) is 0 Å². The minimum Gasteiger partial charge on any atom is -0.378 e. The highest BCUT2D eigenvalue weighted by Crippen LogP contribution is 2.16. The maximum Gasteiger partial charge on any atom is 0.269 e. The van der Waals surface area contributed by atoms with Gasteiger partial charge >= 0.3 is 0 Å². The molecule has 0 saturated heterocycles. The van der Waals surface area contributed by atoms with Crippen LogP contribution in [0.1, 0.15) is 6.92 Å². The Kier molecular flexibility index (Phi) is 5.49. The van der Waals surface area contributed by atoms with Crippen molar-refractivity contribution in [2.24, 2.45) is 0 Å². The van der Waals surface area contributed by atoms with Crippen molar-refractivity contribution < 1.29 is 4.92 Å². The first-order valence-electron chi connectivity index (χ1n) is 4.25. The van der Waals surface area contributed by atoms with E-state index in [1.54, 1.807) is 18.2 Å². The topological polar surface area (TPSA) is 70.2 Å². The maximum absolute atomic E-state index is 10.3. The Bertz CT molecular complexity index is 352. The van der Waals surface area contributed by atoms with E-state index >= 15 is 0 Å². The van der Waals surface area contributed by atoms with E-state index in [-0.39, 0.29) is 5.69 Å². The molecule has 0 aliphatic rings. The van der Waals surface area contributed by atoms with Crippen LogP contribution in [0, 0.1) is 21.4 Å². The lowest BCUT2D eigenvalue weighted by Crippen LogP contribution is -2.08. The first-order valence-corrected chi connectivity index (χ1v) is 4.25. The molecule has 5 nitrogen and oxygen atoms in total. The Morgan fingerprint density at radius 2 is 1.73 bits per heavy atom. The van der Waals surface area contributed by atoms with Gasteiger partial charge in [-0.15, -0.1) is 0 Å². The standard InChI is InChI=1S/C8H10N2O2.C2H3N/c1-9(2)7-3-5-8(6-4-7)10(11)12;1-2-3/h3-6H,1-2H3;1H3. The Labute approximate surface area is 88.7 Å². The molecule has 0 saturated carbocycles. The molecule has 0 N–H and O–H groups in total. The average molecular weight is 207 g/mol. The smallest absolute Gasteiger partial charge is 0.269 e. The molecule has 0 bridgehead atoms. The SMILES string of the molecule is CC#N.CN(C)c1ccc([N+](=O)[O-])cc1. The Morgan fingerprint density at radius 1 is 1.33 bits per heavy atom. The first kappa shape index (κ1) is 12.9. The van der Waals surface area contributed by atoms with Gasteiger partial charge < -0.3 is 4.90 Å². The lowest BCUT2D eigenvalue weighted by atomic mass is 10.3. The lowest BCUT2D eigenvalue weighted by molar-refractivity contribution is -0.384. The largest absolute Gasteiger partial charge is 0.378 e. The molecule has 80 valence electrons. The van der Waals surface area contributed by atoms with Gasteiger partial charge in [0.05, 0.1) is 11.0 Å². The van der Waals surface area contributed by atoms with Crippen LogP contribution in [0.2, 0.25) is 0 Å². The molecule has 0 aromatic heterocycles. The number of benzene rings is 1. The Hall–Kier alpha value is -2.09. The van der Waals surface area contributed by atoms with Crippen LogP contribution in [-0.4, -0.2) is 19.0 Å². The first-order chi connectivity index (χ1) is 7.02. The third kappa shape index (κ3) is 4.62. The van der Waals surface area contributed by atoms with Gasteiger partial charge in [-0.2, -0.15) is 5.26 Å². The third-order valence-corrected chi connectivity index (χ3v) is 1.58. The summed E-state index contributed by atoms with van der Waals surface area (Å²) in [7, 11) is 3.78. The second-order valence-corrected chi connectivity index (χ2v) is 2.89. The molecule has 0 heterocycles. The summed E-state index contributed by atoms with van der Waals surface area (Å²) in [6, 6.07) is 8.18. The molecule has 0 radical (unpaired) electrons. The molecular weight excluding hydrogens is 194 g/mol. The second kappa shape index (κ2) is 6.38. The highest BCUT2D eigenvalue weighted by Gasteiger charge is 2.03. The van der Waals surface area contributed by atoms with Crippen LogP contribution in [0.4, 0.5) is 11.4 Å². The van der Waals surface area contributed by atoms with E-state index in [9.17, 15) is 10.1 Å². The fraction of sp³-hybridized carbons (Fsp3) is 0.300. The number of non-ortho nitro benzene ring substituents is 1. The van der Waals surface area contributed by atoms with E-state index in [1.807, 2.05) is 19.0 Å². The van der Waals surface area contributed by atoms with Crippen LogP contribution >= 0.6 is 0 Å². The predicted octanol–water partition coefficient (Wildman–Crippen LogP) is 2.19. The quantitative estimate of drug-likeness (QED) is 0.550. The molecule has 0 spiro atoms. The van der Waals surface area contributed by atoms with Gasteiger partial charge in [-0.3, -0.25) is 10.1 Å². The van der Waals surface area contributed by atoms with Crippen molar-refractivity contribution in [3.8, 4) is 6.07 Å². The van der Waals surface area contributed by atoms with Crippen LogP contribution in [0.25, 0.3) is 0 Å². The van der Waals surface area contributed by atoms with Gasteiger partial charge in [-0.05, 0) is 12.1 Å². The Morgan fingerprint density at radius 3 is 2.00 bits per heavy atom. The van der Waals surface area contributed by atoms with E-state index < -0.39 is 4.92 Å². The maximum atomic E-state index is 10.3. The number of nitro groups is 1. The fourth-order valence-electron chi connectivity index (χ4n) is 0.872. The van der Waals surface area contributed by atoms with Crippen molar-refractivity contribution in [1.82, 2.24) is 0 Å². The van der Waals surface area contributed by atoms with E-state index in [4.69, 9.17) is 5.26 Å². The Balaban J connectivity index is 0.000000583. The zero-order valence-corrected chi connectivity index (χ0v) is 8.97. The number of anilines is 1. The molecule has 5 heteroatoms. The highest BCUT2D eigenvalue weighted by molar-refractivity contribution is 5.49. The monoisotopic (exact) mass is 207 g/mol. The van der Waals surface area contributed by atoms with Gasteiger partial charge in [0.25, 0.3) is 5.69 Å². The summed E-state index contributed by atoms with van der Waals surface area (Å²) in [5.41, 5.74) is 1.08. The van der Waals surface area contributed by atoms with Gasteiger partial charge in [-0.25, -0.2) is 0 Å². The number of hydrogen-bond donors (Lipinski definition) is 0. The van der Waals surface area contributed by atoms with Crippen LogP contribution in [0.15, 0.2) is 24.3 Å². The molecule has 1 aromatic rings. The molecule has 0 aliphatic carbocycles. The molecule has 1 aromatic carbocycles. The zero-order valence-electron chi connectivity index (χ0n) is 8.97. The van der Waals surface area contributed by atoms with Gasteiger partial charge in [0.1, 0.15) is 0 Å².